The van der Waals surface area contributed by atoms with Gasteiger partial charge in [0.05, 0.1) is 0 Å². The van der Waals surface area contributed by atoms with Crippen molar-refractivity contribution < 1.29 is 9.53 Å². The molecule has 1 saturated heterocycles. The van der Waals surface area contributed by atoms with E-state index in [1.807, 2.05) is 6.07 Å². The maximum atomic E-state index is 11.9. The first-order chi connectivity index (χ1) is 10.3. The van der Waals surface area contributed by atoms with Crippen LogP contribution in [0.25, 0.3) is 0 Å². The summed E-state index contributed by atoms with van der Waals surface area (Å²) in [5.41, 5.74) is 0.756. The zero-order chi connectivity index (χ0) is 14.9. The molecule has 112 valence electrons. The van der Waals surface area contributed by atoms with Crippen molar-refractivity contribution in [3.63, 3.8) is 0 Å². The second-order valence-corrected chi connectivity index (χ2v) is 5.27. The van der Waals surface area contributed by atoms with E-state index >= 15 is 0 Å². The molecule has 1 aliphatic rings. The molecule has 5 heteroatoms. The number of nitrogens with zero attached hydrogens (tertiary/aromatic N) is 1. The molecule has 0 saturated carbocycles. The van der Waals surface area contributed by atoms with Gasteiger partial charge in [-0.3, -0.25) is 4.79 Å². The molecular weight excluding hydrogens is 266 g/mol. The molecule has 1 unspecified atom stereocenters. The number of anilines is 1. The smallest absolute Gasteiger partial charge is 0.224 e. The van der Waals surface area contributed by atoms with Gasteiger partial charge in [0.2, 0.25) is 5.91 Å². The topological polar surface area (TPSA) is 74.1 Å². The van der Waals surface area contributed by atoms with Crippen LogP contribution in [-0.4, -0.2) is 25.6 Å². The largest absolute Gasteiger partial charge is 0.479 e. The number of hydrogen-bond acceptors (Lipinski definition) is 4. The molecule has 0 aliphatic carbocycles. The highest BCUT2D eigenvalue weighted by Gasteiger charge is 2.14. The first kappa shape index (κ1) is 15.3. The number of carbonyl (C=O) groups is 1. The molecule has 21 heavy (non-hydrogen) atoms. The highest BCUT2D eigenvalue weighted by Crippen LogP contribution is 2.18. The van der Waals surface area contributed by atoms with E-state index in [0.717, 1.165) is 25.2 Å². The number of ether oxygens (including phenoxy) is 1. The summed E-state index contributed by atoms with van der Waals surface area (Å²) in [6, 6.07) is 8.98. The summed E-state index contributed by atoms with van der Waals surface area (Å²) in [7, 11) is 0. The molecule has 0 spiro atoms. The summed E-state index contributed by atoms with van der Waals surface area (Å²) in [6.45, 7) is 2.16. The Bertz CT molecular complexity index is 487. The second kappa shape index (κ2) is 8.28. The van der Waals surface area contributed by atoms with Gasteiger partial charge < -0.3 is 15.4 Å². The Hall–Kier alpha value is -2.06. The van der Waals surface area contributed by atoms with Gasteiger partial charge in [-0.25, -0.2) is 0 Å². The number of hydrogen-bond donors (Lipinski definition) is 2. The molecule has 2 rings (SSSR count). The van der Waals surface area contributed by atoms with Crippen LogP contribution in [0.1, 0.15) is 25.7 Å². The van der Waals surface area contributed by atoms with Gasteiger partial charge in [0.1, 0.15) is 11.8 Å². The van der Waals surface area contributed by atoms with Gasteiger partial charge >= 0.3 is 0 Å². The van der Waals surface area contributed by atoms with Gasteiger partial charge in [-0.05, 0) is 62.5 Å². The Morgan fingerprint density at radius 2 is 2.24 bits per heavy atom. The van der Waals surface area contributed by atoms with Crippen molar-refractivity contribution in [3.05, 3.63) is 24.3 Å². The number of piperidine rings is 1. The van der Waals surface area contributed by atoms with Crippen LogP contribution in [0.5, 0.6) is 5.75 Å². The van der Waals surface area contributed by atoms with Crippen LogP contribution < -0.4 is 15.4 Å². The number of benzene rings is 1. The quantitative estimate of drug-likeness (QED) is 0.842. The zero-order valence-electron chi connectivity index (χ0n) is 12.1. The van der Waals surface area contributed by atoms with Gasteiger partial charge in [-0.2, -0.15) is 5.26 Å². The average molecular weight is 287 g/mol. The van der Waals surface area contributed by atoms with Crippen molar-refractivity contribution in [2.24, 2.45) is 5.92 Å². The summed E-state index contributed by atoms with van der Waals surface area (Å²) in [5, 5.41) is 14.7. The van der Waals surface area contributed by atoms with Crippen molar-refractivity contribution in [2.45, 2.75) is 25.7 Å². The third-order valence-corrected chi connectivity index (χ3v) is 3.62. The Balaban J connectivity index is 1.73. The van der Waals surface area contributed by atoms with Crippen LogP contribution in [0.15, 0.2) is 24.3 Å². The van der Waals surface area contributed by atoms with E-state index in [-0.39, 0.29) is 12.5 Å². The lowest BCUT2D eigenvalue weighted by atomic mass is 9.94. The molecule has 1 fully saturated rings. The van der Waals surface area contributed by atoms with Crippen molar-refractivity contribution in [1.29, 1.82) is 5.26 Å². The highest BCUT2D eigenvalue weighted by molar-refractivity contribution is 5.90. The third-order valence-electron chi connectivity index (χ3n) is 3.62. The van der Waals surface area contributed by atoms with E-state index < -0.39 is 0 Å². The molecule has 0 bridgehead atoms. The first-order valence-electron chi connectivity index (χ1n) is 7.38. The van der Waals surface area contributed by atoms with E-state index in [1.54, 1.807) is 24.3 Å². The van der Waals surface area contributed by atoms with Crippen LogP contribution in [0.3, 0.4) is 0 Å². The predicted octanol–water partition coefficient (Wildman–Crippen LogP) is 2.31. The molecule has 1 aliphatic heterocycles. The Labute approximate surface area is 125 Å². The van der Waals surface area contributed by atoms with E-state index in [0.29, 0.717) is 18.1 Å². The standard InChI is InChI=1S/C16H21N3O2/c17-9-11-21-15-6-4-14(5-7-15)19-16(20)8-3-13-2-1-10-18-12-13/h4-7,13,18H,1-3,8,10-12H2,(H,19,20). The van der Waals surface area contributed by atoms with E-state index in [2.05, 4.69) is 10.6 Å². The van der Waals surface area contributed by atoms with Crippen LogP contribution >= 0.6 is 0 Å². The molecule has 2 N–H and O–H groups in total. The average Bonchev–Trinajstić information content (AvgIpc) is 2.53. The third kappa shape index (κ3) is 5.44. The highest BCUT2D eigenvalue weighted by atomic mass is 16.5. The van der Waals surface area contributed by atoms with Crippen molar-refractivity contribution in [2.75, 3.05) is 25.0 Å². The van der Waals surface area contributed by atoms with Crippen molar-refractivity contribution in [3.8, 4) is 11.8 Å². The van der Waals surface area contributed by atoms with Crippen molar-refractivity contribution in [1.82, 2.24) is 5.32 Å². The number of carbonyl (C=O) groups excluding carboxylic acids is 1. The zero-order valence-corrected chi connectivity index (χ0v) is 12.1. The molecule has 1 heterocycles. The molecule has 0 aromatic heterocycles. The Morgan fingerprint density at radius 3 is 2.90 bits per heavy atom. The molecule has 1 amide bonds. The van der Waals surface area contributed by atoms with Gasteiger partial charge in [0.25, 0.3) is 0 Å². The monoisotopic (exact) mass is 287 g/mol. The van der Waals surface area contributed by atoms with Crippen LogP contribution in [0.4, 0.5) is 5.69 Å². The molecule has 1 aromatic carbocycles. The molecular formula is C16H21N3O2. The number of amides is 1. The van der Waals surface area contributed by atoms with E-state index in [9.17, 15) is 4.79 Å². The van der Waals surface area contributed by atoms with Crippen LogP contribution in [0.2, 0.25) is 0 Å². The summed E-state index contributed by atoms with van der Waals surface area (Å²) < 4.78 is 5.16. The fraction of sp³-hybridized carbons (Fsp3) is 0.500. The van der Waals surface area contributed by atoms with Gasteiger partial charge in [0.15, 0.2) is 6.61 Å². The Kier molecular flexibility index (Phi) is 6.04. The molecule has 0 radical (unpaired) electrons. The first-order valence-corrected chi connectivity index (χ1v) is 7.38. The number of rotatable bonds is 6. The minimum atomic E-state index is 0.0289. The van der Waals surface area contributed by atoms with Gasteiger partial charge in [-0.15, -0.1) is 0 Å². The second-order valence-electron chi connectivity index (χ2n) is 5.27. The lowest BCUT2D eigenvalue weighted by molar-refractivity contribution is -0.116. The lowest BCUT2D eigenvalue weighted by Crippen LogP contribution is -2.30. The summed E-state index contributed by atoms with van der Waals surface area (Å²) >= 11 is 0. The number of nitrogens with one attached hydrogen (secondary N) is 2. The lowest BCUT2D eigenvalue weighted by Gasteiger charge is -2.22. The molecule has 5 nitrogen and oxygen atoms in total. The van der Waals surface area contributed by atoms with E-state index in [4.69, 9.17) is 10.00 Å². The molecule has 1 aromatic rings. The normalized spacial score (nSPS) is 17.8. The number of nitriles is 1. The van der Waals surface area contributed by atoms with Crippen molar-refractivity contribution >= 4 is 11.6 Å². The predicted molar refractivity (Wildman–Crippen MR) is 81.0 cm³/mol. The van der Waals surface area contributed by atoms with Crippen LogP contribution in [0, 0.1) is 17.2 Å². The summed E-state index contributed by atoms with van der Waals surface area (Å²) in [6.07, 6.45) is 3.91. The SMILES string of the molecule is N#CCOc1ccc(NC(=O)CCC2CCCNC2)cc1. The Morgan fingerprint density at radius 1 is 1.43 bits per heavy atom. The summed E-state index contributed by atoms with van der Waals surface area (Å²) in [5.74, 6) is 1.29. The summed E-state index contributed by atoms with van der Waals surface area (Å²) in [4.78, 5) is 11.9. The maximum Gasteiger partial charge on any atom is 0.224 e. The fourth-order valence-corrected chi connectivity index (χ4v) is 2.48. The minimum absolute atomic E-state index is 0.0289. The maximum absolute atomic E-state index is 11.9. The molecule has 1 atom stereocenters. The van der Waals surface area contributed by atoms with E-state index in [1.165, 1.54) is 12.8 Å². The van der Waals surface area contributed by atoms with Gasteiger partial charge in [-0.1, -0.05) is 0 Å². The minimum Gasteiger partial charge on any atom is -0.479 e. The fourth-order valence-electron chi connectivity index (χ4n) is 2.48. The van der Waals surface area contributed by atoms with Gasteiger partial charge in [0, 0.05) is 12.1 Å². The van der Waals surface area contributed by atoms with Crippen LogP contribution in [-0.2, 0) is 4.79 Å².